The first-order chi connectivity index (χ1) is 12.2. The lowest BCUT2D eigenvalue weighted by molar-refractivity contribution is -0.144. The number of benzene rings is 2. The van der Waals surface area contributed by atoms with Crippen molar-refractivity contribution in [1.29, 1.82) is 0 Å². The van der Waals surface area contributed by atoms with E-state index >= 15 is 0 Å². The molecular weight excluding hydrogens is 322 g/mol. The lowest BCUT2D eigenvalue weighted by Crippen LogP contribution is -2.36. The van der Waals surface area contributed by atoms with Crippen molar-refractivity contribution in [3.05, 3.63) is 53.6 Å². The number of rotatable bonds is 3. The van der Waals surface area contributed by atoms with Gasteiger partial charge >= 0.3 is 5.97 Å². The lowest BCUT2D eigenvalue weighted by atomic mass is 9.85. The Bertz CT molecular complexity index is 888. The number of fused-ring (bicyclic) bond motifs is 2. The van der Waals surface area contributed by atoms with Gasteiger partial charge in [0, 0.05) is 11.6 Å². The lowest BCUT2D eigenvalue weighted by Gasteiger charge is -2.23. The Morgan fingerprint density at radius 2 is 1.92 bits per heavy atom. The standard InChI is InChI=1S/C19H15NO5/c1-2-23-19(22)16-17(11-6-4-3-5-7-11)20-13-9-15-14(24-10-25-15)8-12(13)18(16)21/h3-9,16H,2,10H2,1H3. The quantitative estimate of drug-likeness (QED) is 0.636. The summed E-state index contributed by atoms with van der Waals surface area (Å²) in [6.07, 6.45) is 0. The van der Waals surface area contributed by atoms with Crippen LogP contribution in [-0.4, -0.2) is 30.9 Å². The maximum atomic E-state index is 13.0. The molecule has 2 aromatic carbocycles. The van der Waals surface area contributed by atoms with E-state index in [-0.39, 0.29) is 19.2 Å². The molecule has 0 saturated heterocycles. The number of carbonyl (C=O) groups is 2. The van der Waals surface area contributed by atoms with Crippen LogP contribution < -0.4 is 9.47 Å². The summed E-state index contributed by atoms with van der Waals surface area (Å²) in [4.78, 5) is 30.1. The molecular formula is C19H15NO5. The van der Waals surface area contributed by atoms with Gasteiger partial charge in [-0.15, -0.1) is 0 Å². The first kappa shape index (κ1) is 15.4. The van der Waals surface area contributed by atoms with E-state index in [1.54, 1.807) is 19.1 Å². The third-order valence-electron chi connectivity index (χ3n) is 4.12. The Morgan fingerprint density at radius 3 is 2.64 bits per heavy atom. The number of Topliss-reactive ketones (excluding diaryl/α,β-unsaturated/α-hetero) is 1. The molecule has 0 bridgehead atoms. The number of ether oxygens (including phenoxy) is 3. The van der Waals surface area contributed by atoms with Gasteiger partial charge in [0.25, 0.3) is 0 Å². The molecule has 2 aliphatic heterocycles. The smallest absolute Gasteiger partial charge is 0.323 e. The molecule has 2 aromatic rings. The predicted molar refractivity (Wildman–Crippen MR) is 89.7 cm³/mol. The van der Waals surface area contributed by atoms with Gasteiger partial charge in [0.1, 0.15) is 0 Å². The molecule has 6 nitrogen and oxygen atoms in total. The van der Waals surface area contributed by atoms with Crippen LogP contribution in [0.4, 0.5) is 5.69 Å². The summed E-state index contributed by atoms with van der Waals surface area (Å²) in [6, 6.07) is 12.4. The van der Waals surface area contributed by atoms with Crippen LogP contribution in [0.5, 0.6) is 11.5 Å². The Hall–Kier alpha value is -3.15. The molecule has 0 radical (unpaired) electrons. The van der Waals surface area contributed by atoms with Crippen LogP contribution in [0.2, 0.25) is 0 Å². The highest BCUT2D eigenvalue weighted by atomic mass is 16.7. The number of hydrogen-bond donors (Lipinski definition) is 0. The maximum absolute atomic E-state index is 13.0. The average molecular weight is 337 g/mol. The van der Waals surface area contributed by atoms with Crippen molar-refractivity contribution in [1.82, 2.24) is 0 Å². The van der Waals surface area contributed by atoms with Crippen molar-refractivity contribution in [2.75, 3.05) is 13.4 Å². The zero-order valence-electron chi connectivity index (χ0n) is 13.5. The number of hydrogen-bond acceptors (Lipinski definition) is 6. The molecule has 0 N–H and O–H groups in total. The predicted octanol–water partition coefficient (Wildman–Crippen LogP) is 2.91. The number of carbonyl (C=O) groups excluding carboxylic acids is 2. The molecule has 0 aliphatic carbocycles. The zero-order valence-corrected chi connectivity index (χ0v) is 13.5. The molecule has 6 heteroatoms. The van der Waals surface area contributed by atoms with Crippen molar-refractivity contribution in [3.63, 3.8) is 0 Å². The van der Waals surface area contributed by atoms with E-state index in [1.807, 2.05) is 30.3 Å². The van der Waals surface area contributed by atoms with Gasteiger partial charge in [-0.05, 0) is 18.6 Å². The van der Waals surface area contributed by atoms with E-state index < -0.39 is 11.9 Å². The second-order valence-electron chi connectivity index (χ2n) is 5.63. The average Bonchev–Trinajstić information content (AvgIpc) is 3.08. The third kappa shape index (κ3) is 2.55. The summed E-state index contributed by atoms with van der Waals surface area (Å²) in [5.74, 6) is -1.01. The normalized spacial score (nSPS) is 17.7. The second-order valence-corrected chi connectivity index (χ2v) is 5.63. The van der Waals surface area contributed by atoms with Gasteiger partial charge in [-0.2, -0.15) is 0 Å². The summed E-state index contributed by atoms with van der Waals surface area (Å²) in [7, 11) is 0. The molecule has 1 unspecified atom stereocenters. The minimum absolute atomic E-state index is 0.100. The summed E-state index contributed by atoms with van der Waals surface area (Å²) in [5.41, 5.74) is 1.89. The minimum atomic E-state index is -1.09. The van der Waals surface area contributed by atoms with E-state index in [0.29, 0.717) is 34.0 Å². The van der Waals surface area contributed by atoms with E-state index in [0.717, 1.165) is 0 Å². The van der Waals surface area contributed by atoms with Gasteiger partial charge in [-0.1, -0.05) is 30.3 Å². The number of ketones is 1. The maximum Gasteiger partial charge on any atom is 0.323 e. The van der Waals surface area contributed by atoms with E-state index in [2.05, 4.69) is 4.99 Å². The third-order valence-corrected chi connectivity index (χ3v) is 4.12. The van der Waals surface area contributed by atoms with Crippen LogP contribution in [0.1, 0.15) is 22.8 Å². The molecule has 0 aromatic heterocycles. The zero-order chi connectivity index (χ0) is 17.4. The van der Waals surface area contributed by atoms with E-state index in [4.69, 9.17) is 14.2 Å². The van der Waals surface area contributed by atoms with Crippen LogP contribution in [0.15, 0.2) is 47.5 Å². The summed E-state index contributed by atoms with van der Waals surface area (Å²) in [6.45, 7) is 2.00. The number of nitrogens with zero attached hydrogens (tertiary/aromatic N) is 1. The Kier molecular flexibility index (Phi) is 3.72. The molecule has 0 fully saturated rings. The molecule has 0 amide bonds. The van der Waals surface area contributed by atoms with Gasteiger partial charge in [-0.25, -0.2) is 0 Å². The topological polar surface area (TPSA) is 74.2 Å². The van der Waals surface area contributed by atoms with Gasteiger partial charge in [0.2, 0.25) is 6.79 Å². The summed E-state index contributed by atoms with van der Waals surface area (Å²) < 4.78 is 15.8. The van der Waals surface area contributed by atoms with Crippen LogP contribution in [-0.2, 0) is 9.53 Å². The molecule has 2 heterocycles. The minimum Gasteiger partial charge on any atom is -0.465 e. The molecule has 0 saturated carbocycles. The SMILES string of the molecule is CCOC(=O)C1C(=O)c2cc3c(cc2N=C1c1ccccc1)OCO3. The highest BCUT2D eigenvalue weighted by Gasteiger charge is 2.39. The van der Waals surface area contributed by atoms with Crippen LogP contribution in [0, 0.1) is 5.92 Å². The molecule has 4 rings (SSSR count). The summed E-state index contributed by atoms with van der Waals surface area (Å²) in [5, 5.41) is 0. The van der Waals surface area contributed by atoms with Crippen molar-refractivity contribution in [2.24, 2.45) is 10.9 Å². The highest BCUT2D eigenvalue weighted by Crippen LogP contribution is 2.41. The Morgan fingerprint density at radius 1 is 1.20 bits per heavy atom. The van der Waals surface area contributed by atoms with E-state index in [9.17, 15) is 9.59 Å². The molecule has 0 spiro atoms. The van der Waals surface area contributed by atoms with Crippen molar-refractivity contribution >= 4 is 23.2 Å². The molecule has 25 heavy (non-hydrogen) atoms. The van der Waals surface area contributed by atoms with Crippen LogP contribution in [0.25, 0.3) is 0 Å². The van der Waals surface area contributed by atoms with Crippen molar-refractivity contribution in [2.45, 2.75) is 6.92 Å². The van der Waals surface area contributed by atoms with Crippen molar-refractivity contribution < 1.29 is 23.8 Å². The fourth-order valence-electron chi connectivity index (χ4n) is 2.98. The van der Waals surface area contributed by atoms with Gasteiger partial charge in [-0.3, -0.25) is 14.6 Å². The fourth-order valence-corrected chi connectivity index (χ4v) is 2.98. The number of esters is 1. The Balaban J connectivity index is 1.88. The van der Waals surface area contributed by atoms with Gasteiger partial charge in [0.05, 0.1) is 18.0 Å². The summed E-state index contributed by atoms with van der Waals surface area (Å²) >= 11 is 0. The van der Waals surface area contributed by atoms with Crippen molar-refractivity contribution in [3.8, 4) is 11.5 Å². The molecule has 2 aliphatic rings. The monoisotopic (exact) mass is 337 g/mol. The van der Waals surface area contributed by atoms with Gasteiger partial charge in [0.15, 0.2) is 23.2 Å². The fraction of sp³-hybridized carbons (Fsp3) is 0.211. The highest BCUT2D eigenvalue weighted by molar-refractivity contribution is 6.31. The molecule has 1 atom stereocenters. The van der Waals surface area contributed by atoms with Crippen LogP contribution in [0.3, 0.4) is 0 Å². The molecule has 126 valence electrons. The van der Waals surface area contributed by atoms with Crippen LogP contribution >= 0.6 is 0 Å². The second kappa shape index (κ2) is 6.05. The number of aliphatic imine (C=N–C) groups is 1. The Labute approximate surface area is 144 Å². The first-order valence-corrected chi connectivity index (χ1v) is 7.97. The van der Waals surface area contributed by atoms with Gasteiger partial charge < -0.3 is 14.2 Å². The largest absolute Gasteiger partial charge is 0.465 e. The van der Waals surface area contributed by atoms with E-state index in [1.165, 1.54) is 0 Å². The first-order valence-electron chi connectivity index (χ1n) is 7.97.